The number of aromatic nitrogens is 2. The largest absolute Gasteiger partial charge is 0.493 e. The first-order valence-electron chi connectivity index (χ1n) is 6.58. The molecule has 2 aromatic rings. The standard InChI is InChI=1S/C14H16N2O4S/c1-3-18-11-8-6-5-7-10(11)13-15-16-14(20-13)21-9-12(17)19-4-2/h5-8H,3-4,9H2,1-2H3. The van der Waals surface area contributed by atoms with Gasteiger partial charge in [-0.3, -0.25) is 4.79 Å². The highest BCUT2D eigenvalue weighted by molar-refractivity contribution is 7.99. The number of thioether (sulfide) groups is 1. The normalized spacial score (nSPS) is 10.4. The number of carbonyl (C=O) groups excluding carboxylic acids is 1. The third-order valence-electron chi connectivity index (χ3n) is 2.44. The van der Waals surface area contributed by atoms with Gasteiger partial charge in [0.15, 0.2) is 0 Å². The molecule has 0 saturated carbocycles. The maximum atomic E-state index is 11.3. The van der Waals surface area contributed by atoms with Crippen molar-refractivity contribution < 1.29 is 18.7 Å². The Balaban J connectivity index is 2.07. The second-order valence-corrected chi connectivity index (χ2v) is 4.82. The van der Waals surface area contributed by atoms with Crippen molar-refractivity contribution in [3.8, 4) is 17.2 Å². The lowest BCUT2D eigenvalue weighted by Crippen LogP contribution is -2.06. The molecule has 0 aliphatic carbocycles. The summed E-state index contributed by atoms with van der Waals surface area (Å²) in [6.45, 7) is 4.58. The van der Waals surface area contributed by atoms with Crippen LogP contribution in [0.5, 0.6) is 5.75 Å². The summed E-state index contributed by atoms with van der Waals surface area (Å²) in [4.78, 5) is 11.3. The highest BCUT2D eigenvalue weighted by atomic mass is 32.2. The molecule has 0 radical (unpaired) electrons. The van der Waals surface area contributed by atoms with Crippen LogP contribution in [-0.2, 0) is 9.53 Å². The van der Waals surface area contributed by atoms with Gasteiger partial charge in [-0.05, 0) is 26.0 Å². The Morgan fingerprint density at radius 3 is 2.81 bits per heavy atom. The van der Waals surface area contributed by atoms with Crippen LogP contribution in [0.3, 0.4) is 0 Å². The topological polar surface area (TPSA) is 74.5 Å². The molecule has 0 amide bonds. The van der Waals surface area contributed by atoms with Crippen LogP contribution >= 0.6 is 11.8 Å². The third-order valence-corrected chi connectivity index (χ3v) is 3.23. The fourth-order valence-electron chi connectivity index (χ4n) is 1.62. The predicted molar refractivity (Wildman–Crippen MR) is 78.3 cm³/mol. The van der Waals surface area contributed by atoms with Crippen LogP contribution in [0, 0.1) is 0 Å². The molecule has 0 aliphatic heterocycles. The fourth-order valence-corrected chi connectivity index (χ4v) is 2.19. The summed E-state index contributed by atoms with van der Waals surface area (Å²) in [7, 11) is 0. The fraction of sp³-hybridized carbons (Fsp3) is 0.357. The molecular weight excluding hydrogens is 292 g/mol. The summed E-state index contributed by atoms with van der Waals surface area (Å²) in [6.07, 6.45) is 0. The zero-order valence-electron chi connectivity index (χ0n) is 11.9. The van der Waals surface area contributed by atoms with Gasteiger partial charge in [-0.1, -0.05) is 23.9 Å². The van der Waals surface area contributed by atoms with Crippen LogP contribution in [0.15, 0.2) is 33.9 Å². The summed E-state index contributed by atoms with van der Waals surface area (Å²) in [5, 5.41) is 8.22. The van der Waals surface area contributed by atoms with Crippen LogP contribution < -0.4 is 4.74 Å². The average Bonchev–Trinajstić information content (AvgIpc) is 2.95. The number of benzene rings is 1. The van der Waals surface area contributed by atoms with E-state index in [0.29, 0.717) is 30.1 Å². The molecule has 1 aromatic heterocycles. The maximum Gasteiger partial charge on any atom is 0.316 e. The number of esters is 1. The molecule has 2 rings (SSSR count). The van der Waals surface area contributed by atoms with E-state index >= 15 is 0 Å². The van der Waals surface area contributed by atoms with Crippen LogP contribution in [0.25, 0.3) is 11.5 Å². The zero-order chi connectivity index (χ0) is 15.1. The monoisotopic (exact) mass is 308 g/mol. The molecule has 7 heteroatoms. The molecule has 112 valence electrons. The van der Waals surface area contributed by atoms with Crippen molar-refractivity contribution in [2.75, 3.05) is 19.0 Å². The lowest BCUT2D eigenvalue weighted by atomic mass is 10.2. The molecular formula is C14H16N2O4S. The Kier molecular flexibility index (Phi) is 5.62. The molecule has 1 heterocycles. The number of nitrogens with zero attached hydrogens (tertiary/aromatic N) is 2. The first-order valence-corrected chi connectivity index (χ1v) is 7.57. The minimum absolute atomic E-state index is 0.141. The van der Waals surface area contributed by atoms with Crippen LogP contribution in [0.1, 0.15) is 13.8 Å². The Labute approximate surface area is 126 Å². The highest BCUT2D eigenvalue weighted by Gasteiger charge is 2.14. The van der Waals surface area contributed by atoms with E-state index in [4.69, 9.17) is 13.9 Å². The Hall–Kier alpha value is -2.02. The SMILES string of the molecule is CCOC(=O)CSc1nnc(-c2ccccc2OCC)o1. The first-order chi connectivity index (χ1) is 10.2. The Bertz CT molecular complexity index is 600. The third kappa shape index (κ3) is 4.22. The van der Waals surface area contributed by atoms with Crippen LogP contribution in [0.4, 0.5) is 0 Å². The van der Waals surface area contributed by atoms with E-state index in [9.17, 15) is 4.79 Å². The summed E-state index contributed by atoms with van der Waals surface area (Å²) >= 11 is 1.15. The molecule has 0 spiro atoms. The Morgan fingerprint density at radius 1 is 1.24 bits per heavy atom. The van der Waals surface area contributed by atoms with Crippen molar-refractivity contribution in [3.63, 3.8) is 0 Å². The smallest absolute Gasteiger partial charge is 0.316 e. The summed E-state index contributed by atoms with van der Waals surface area (Å²) < 4.78 is 15.9. The van der Waals surface area contributed by atoms with Gasteiger partial charge in [0, 0.05) is 0 Å². The molecule has 0 atom stereocenters. The van der Waals surface area contributed by atoms with Gasteiger partial charge in [-0.2, -0.15) is 0 Å². The van der Waals surface area contributed by atoms with Gasteiger partial charge in [0.25, 0.3) is 11.1 Å². The first kappa shape index (κ1) is 15.4. The van der Waals surface area contributed by atoms with E-state index in [1.807, 2.05) is 31.2 Å². The molecule has 0 saturated heterocycles. The highest BCUT2D eigenvalue weighted by Crippen LogP contribution is 2.30. The molecule has 0 aliphatic rings. The summed E-state index contributed by atoms with van der Waals surface area (Å²) in [5.74, 6) is 0.885. The lowest BCUT2D eigenvalue weighted by molar-refractivity contribution is -0.139. The zero-order valence-corrected chi connectivity index (χ0v) is 12.7. The number of hydrogen-bond acceptors (Lipinski definition) is 7. The van der Waals surface area contributed by atoms with Gasteiger partial charge < -0.3 is 13.9 Å². The van der Waals surface area contributed by atoms with Gasteiger partial charge in [0.2, 0.25) is 0 Å². The molecule has 0 bridgehead atoms. The Morgan fingerprint density at radius 2 is 2.05 bits per heavy atom. The molecule has 1 aromatic carbocycles. The number of carbonyl (C=O) groups is 1. The number of rotatable bonds is 7. The van der Waals surface area contributed by atoms with Gasteiger partial charge in [0.05, 0.1) is 18.8 Å². The van der Waals surface area contributed by atoms with E-state index in [1.54, 1.807) is 6.92 Å². The second-order valence-electron chi connectivity index (χ2n) is 3.90. The molecule has 0 fully saturated rings. The van der Waals surface area contributed by atoms with Crippen molar-refractivity contribution in [2.24, 2.45) is 0 Å². The van der Waals surface area contributed by atoms with Crippen molar-refractivity contribution in [2.45, 2.75) is 19.1 Å². The van der Waals surface area contributed by atoms with Crippen molar-refractivity contribution in [1.82, 2.24) is 10.2 Å². The lowest BCUT2D eigenvalue weighted by Gasteiger charge is -2.06. The number of hydrogen-bond donors (Lipinski definition) is 0. The van der Waals surface area contributed by atoms with Gasteiger partial charge in [-0.25, -0.2) is 0 Å². The molecule has 0 unspecified atom stereocenters. The minimum atomic E-state index is -0.308. The molecule has 6 nitrogen and oxygen atoms in total. The summed E-state index contributed by atoms with van der Waals surface area (Å²) in [5.41, 5.74) is 0.731. The van der Waals surface area contributed by atoms with E-state index < -0.39 is 0 Å². The average molecular weight is 308 g/mol. The van der Waals surface area contributed by atoms with Crippen molar-refractivity contribution in [3.05, 3.63) is 24.3 Å². The predicted octanol–water partition coefficient (Wildman–Crippen LogP) is 2.79. The van der Waals surface area contributed by atoms with Crippen molar-refractivity contribution in [1.29, 1.82) is 0 Å². The van der Waals surface area contributed by atoms with E-state index in [-0.39, 0.29) is 11.7 Å². The van der Waals surface area contributed by atoms with Gasteiger partial charge >= 0.3 is 5.97 Å². The minimum Gasteiger partial charge on any atom is -0.493 e. The summed E-state index contributed by atoms with van der Waals surface area (Å²) in [6, 6.07) is 7.43. The maximum absolute atomic E-state index is 11.3. The van der Waals surface area contributed by atoms with Crippen LogP contribution in [-0.4, -0.2) is 35.1 Å². The molecule has 0 N–H and O–H groups in total. The van der Waals surface area contributed by atoms with Gasteiger partial charge in [0.1, 0.15) is 11.5 Å². The number of ether oxygens (including phenoxy) is 2. The quantitative estimate of drug-likeness (QED) is 0.575. The second kappa shape index (κ2) is 7.68. The number of para-hydroxylation sites is 1. The van der Waals surface area contributed by atoms with Gasteiger partial charge in [-0.15, -0.1) is 10.2 Å². The van der Waals surface area contributed by atoms with Crippen LogP contribution in [0.2, 0.25) is 0 Å². The van der Waals surface area contributed by atoms with E-state index in [2.05, 4.69) is 10.2 Å². The molecule has 21 heavy (non-hydrogen) atoms. The van der Waals surface area contributed by atoms with E-state index in [0.717, 1.165) is 17.3 Å². The van der Waals surface area contributed by atoms with E-state index in [1.165, 1.54) is 0 Å². The van der Waals surface area contributed by atoms with Crippen molar-refractivity contribution >= 4 is 17.7 Å².